The van der Waals surface area contributed by atoms with Crippen molar-refractivity contribution < 1.29 is 19.1 Å². The van der Waals surface area contributed by atoms with E-state index in [-0.39, 0.29) is 11.9 Å². The van der Waals surface area contributed by atoms with Crippen LogP contribution in [0.2, 0.25) is 0 Å². The van der Waals surface area contributed by atoms with Crippen LogP contribution >= 0.6 is 0 Å². The number of carbonyl (C=O) groups excluding carboxylic acids is 2. The molecule has 17 heavy (non-hydrogen) atoms. The van der Waals surface area contributed by atoms with Gasteiger partial charge in [-0.15, -0.1) is 0 Å². The van der Waals surface area contributed by atoms with Gasteiger partial charge in [0.25, 0.3) is 0 Å². The van der Waals surface area contributed by atoms with Gasteiger partial charge in [0.05, 0.1) is 13.7 Å². The van der Waals surface area contributed by atoms with E-state index in [0.717, 1.165) is 19.3 Å². The molecule has 0 saturated heterocycles. The summed E-state index contributed by atoms with van der Waals surface area (Å²) >= 11 is 0. The first-order chi connectivity index (χ1) is 8.11. The highest BCUT2D eigenvalue weighted by Gasteiger charge is 2.02. The largest absolute Gasteiger partial charge is 0.466 e. The molecule has 0 aromatic carbocycles. The van der Waals surface area contributed by atoms with Crippen molar-refractivity contribution in [3.8, 4) is 0 Å². The molecule has 0 N–H and O–H groups in total. The average molecular weight is 240 g/mol. The van der Waals surface area contributed by atoms with E-state index in [0.29, 0.717) is 12.2 Å². The summed E-state index contributed by atoms with van der Waals surface area (Å²) in [4.78, 5) is 22.0. The molecule has 0 rings (SSSR count). The highest BCUT2D eigenvalue weighted by atomic mass is 16.5. The number of methoxy groups -OCH3 is 1. The molecule has 0 amide bonds. The molecule has 0 aliphatic rings. The molecule has 0 spiro atoms. The van der Waals surface area contributed by atoms with Gasteiger partial charge in [-0.25, -0.2) is 9.59 Å². The third-order valence-electron chi connectivity index (χ3n) is 2.08. The van der Waals surface area contributed by atoms with E-state index in [9.17, 15) is 9.59 Å². The first-order valence-electron chi connectivity index (χ1n) is 5.70. The maximum Gasteiger partial charge on any atom is 0.333 e. The third kappa shape index (κ3) is 8.25. The Morgan fingerprint density at radius 1 is 1.24 bits per heavy atom. The molecule has 0 atom stereocenters. The van der Waals surface area contributed by atoms with Crippen LogP contribution in [0, 0.1) is 0 Å². The zero-order valence-electron chi connectivity index (χ0n) is 10.7. The summed E-state index contributed by atoms with van der Waals surface area (Å²) in [7, 11) is 1.35. The third-order valence-corrected chi connectivity index (χ3v) is 2.08. The summed E-state index contributed by atoms with van der Waals surface area (Å²) in [5.41, 5.74) is 0.629. The lowest BCUT2D eigenvalue weighted by Gasteiger charge is -2.00. The minimum Gasteiger partial charge on any atom is -0.466 e. The Balaban J connectivity index is 3.76. The maximum absolute atomic E-state index is 11.2. The van der Waals surface area contributed by atoms with Gasteiger partial charge in [-0.3, -0.25) is 0 Å². The second-order valence-corrected chi connectivity index (χ2v) is 3.46. The molecular weight excluding hydrogens is 220 g/mol. The number of allylic oxidation sites excluding steroid dienone is 2. The number of esters is 2. The Kier molecular flexibility index (Phi) is 8.74. The molecule has 0 unspecified atom stereocenters. The molecule has 0 aromatic heterocycles. The van der Waals surface area contributed by atoms with E-state index in [1.54, 1.807) is 19.9 Å². The smallest absolute Gasteiger partial charge is 0.333 e. The van der Waals surface area contributed by atoms with Crippen molar-refractivity contribution >= 4 is 11.9 Å². The fraction of sp³-hybridized carbons (Fsp3) is 0.538. The molecule has 0 saturated carbocycles. The highest BCUT2D eigenvalue weighted by molar-refractivity contribution is 5.87. The van der Waals surface area contributed by atoms with Crippen molar-refractivity contribution in [2.24, 2.45) is 0 Å². The summed E-state index contributed by atoms with van der Waals surface area (Å²) in [6, 6.07) is 0. The fourth-order valence-electron chi connectivity index (χ4n) is 1.13. The summed E-state index contributed by atoms with van der Waals surface area (Å²) in [6.07, 6.45) is 7.47. The topological polar surface area (TPSA) is 52.6 Å². The Hall–Kier alpha value is -1.58. The van der Waals surface area contributed by atoms with Gasteiger partial charge in [0.1, 0.15) is 0 Å². The van der Waals surface area contributed by atoms with Gasteiger partial charge < -0.3 is 9.47 Å². The Morgan fingerprint density at radius 2 is 1.94 bits per heavy atom. The minimum atomic E-state index is -0.344. The van der Waals surface area contributed by atoms with Crippen molar-refractivity contribution in [1.82, 2.24) is 0 Å². The molecule has 4 nitrogen and oxygen atoms in total. The zero-order valence-corrected chi connectivity index (χ0v) is 10.7. The first kappa shape index (κ1) is 15.4. The van der Waals surface area contributed by atoms with Gasteiger partial charge in [-0.05, 0) is 33.1 Å². The molecule has 0 aromatic rings. The van der Waals surface area contributed by atoms with Crippen LogP contribution in [0.25, 0.3) is 0 Å². The van der Waals surface area contributed by atoms with Crippen LogP contribution in [0.15, 0.2) is 23.8 Å². The van der Waals surface area contributed by atoms with Crippen molar-refractivity contribution in [3.63, 3.8) is 0 Å². The Morgan fingerprint density at radius 3 is 2.53 bits per heavy atom. The predicted octanol–water partition coefficient (Wildman–Crippen LogP) is 2.40. The fourth-order valence-corrected chi connectivity index (χ4v) is 1.13. The SMILES string of the molecule is CCOC(=O)/C(C)=C/CCC/C=C/C(=O)OC. The number of ether oxygens (including phenoxy) is 2. The summed E-state index contributed by atoms with van der Waals surface area (Å²) in [5.74, 6) is -0.610. The highest BCUT2D eigenvalue weighted by Crippen LogP contribution is 2.04. The lowest BCUT2D eigenvalue weighted by Crippen LogP contribution is -2.04. The van der Waals surface area contributed by atoms with E-state index in [1.165, 1.54) is 13.2 Å². The first-order valence-corrected chi connectivity index (χ1v) is 5.70. The second kappa shape index (κ2) is 9.63. The monoisotopic (exact) mass is 240 g/mol. The van der Waals surface area contributed by atoms with Gasteiger partial charge in [-0.1, -0.05) is 12.2 Å². The number of carbonyl (C=O) groups is 2. The average Bonchev–Trinajstić information content (AvgIpc) is 2.33. The van der Waals surface area contributed by atoms with Crippen molar-refractivity contribution in [2.75, 3.05) is 13.7 Å². The van der Waals surface area contributed by atoms with E-state index in [2.05, 4.69) is 4.74 Å². The summed E-state index contributed by atoms with van der Waals surface area (Å²) in [6.45, 7) is 3.91. The molecule has 0 fully saturated rings. The van der Waals surface area contributed by atoms with Gasteiger partial charge in [0, 0.05) is 11.6 Å². The molecule has 0 aliphatic heterocycles. The van der Waals surface area contributed by atoms with Gasteiger partial charge in [-0.2, -0.15) is 0 Å². The van der Waals surface area contributed by atoms with Crippen molar-refractivity contribution in [2.45, 2.75) is 33.1 Å². The predicted molar refractivity (Wildman–Crippen MR) is 65.4 cm³/mol. The maximum atomic E-state index is 11.2. The minimum absolute atomic E-state index is 0.266. The van der Waals surface area contributed by atoms with Crippen LogP contribution in [0.5, 0.6) is 0 Å². The lowest BCUT2D eigenvalue weighted by atomic mass is 10.1. The number of hydrogen-bond acceptors (Lipinski definition) is 4. The number of rotatable bonds is 7. The molecular formula is C13H20O4. The van der Waals surface area contributed by atoms with Gasteiger partial charge in [0.2, 0.25) is 0 Å². The van der Waals surface area contributed by atoms with Crippen molar-refractivity contribution in [1.29, 1.82) is 0 Å². The summed E-state index contributed by atoms with van der Waals surface area (Å²) in [5, 5.41) is 0. The standard InChI is InChI=1S/C13H20O4/c1-4-17-13(15)11(2)9-7-5-6-8-10-12(14)16-3/h8-10H,4-7H2,1-3H3/b10-8+,11-9+. The summed E-state index contributed by atoms with van der Waals surface area (Å²) < 4.78 is 9.30. The van der Waals surface area contributed by atoms with Crippen LogP contribution in [0.4, 0.5) is 0 Å². The molecule has 0 aliphatic carbocycles. The van der Waals surface area contributed by atoms with E-state index < -0.39 is 0 Å². The molecule has 0 heterocycles. The van der Waals surface area contributed by atoms with Gasteiger partial charge in [0.15, 0.2) is 0 Å². The number of unbranched alkanes of at least 4 members (excludes halogenated alkanes) is 2. The quantitative estimate of drug-likeness (QED) is 0.389. The van der Waals surface area contributed by atoms with Crippen LogP contribution in [0.1, 0.15) is 33.1 Å². The van der Waals surface area contributed by atoms with Crippen LogP contribution in [-0.4, -0.2) is 25.7 Å². The number of hydrogen-bond donors (Lipinski definition) is 0. The molecule has 4 heteroatoms. The second-order valence-electron chi connectivity index (χ2n) is 3.46. The normalized spacial score (nSPS) is 11.6. The van der Waals surface area contributed by atoms with Crippen LogP contribution in [0.3, 0.4) is 0 Å². The molecule has 96 valence electrons. The van der Waals surface area contributed by atoms with Crippen LogP contribution in [-0.2, 0) is 19.1 Å². The zero-order chi connectivity index (χ0) is 13.1. The van der Waals surface area contributed by atoms with Gasteiger partial charge >= 0.3 is 11.9 Å². The molecule has 0 bridgehead atoms. The lowest BCUT2D eigenvalue weighted by molar-refractivity contribution is -0.138. The van der Waals surface area contributed by atoms with Crippen molar-refractivity contribution in [3.05, 3.63) is 23.8 Å². The Bertz CT molecular complexity index is 303. The van der Waals surface area contributed by atoms with E-state index in [4.69, 9.17) is 4.74 Å². The Labute approximate surface area is 102 Å². The van der Waals surface area contributed by atoms with Crippen LogP contribution < -0.4 is 0 Å². The van der Waals surface area contributed by atoms with E-state index in [1.807, 2.05) is 6.08 Å². The molecule has 0 radical (unpaired) electrons. The van der Waals surface area contributed by atoms with E-state index >= 15 is 0 Å².